The highest BCUT2D eigenvalue weighted by Gasteiger charge is 2.26. The SMILES string of the molecule is CCOC(=O)N1CCC(NC(=O)c2ccccc2[N+](=O)[O-])CC1. The number of nitrogens with zero attached hydrogens (tertiary/aromatic N) is 2. The first-order valence-electron chi connectivity index (χ1n) is 7.49. The standard InChI is InChI=1S/C15H19N3O5/c1-2-23-15(20)17-9-7-11(8-10-17)16-14(19)12-5-3-4-6-13(12)18(21)22/h3-6,11H,2,7-10H2,1H3,(H,16,19). The lowest BCUT2D eigenvalue weighted by atomic mass is 10.0. The van der Waals surface area contributed by atoms with Gasteiger partial charge in [-0.05, 0) is 25.8 Å². The molecule has 0 radical (unpaired) electrons. The van der Waals surface area contributed by atoms with E-state index in [-0.39, 0.29) is 23.4 Å². The van der Waals surface area contributed by atoms with Gasteiger partial charge in [-0.15, -0.1) is 0 Å². The molecule has 0 spiro atoms. The summed E-state index contributed by atoms with van der Waals surface area (Å²) in [5, 5.41) is 13.8. The minimum Gasteiger partial charge on any atom is -0.450 e. The Kier molecular flexibility index (Phi) is 5.51. The number of benzene rings is 1. The van der Waals surface area contributed by atoms with Gasteiger partial charge in [0.25, 0.3) is 11.6 Å². The van der Waals surface area contributed by atoms with Crippen LogP contribution in [0.3, 0.4) is 0 Å². The van der Waals surface area contributed by atoms with Crippen LogP contribution in [0.1, 0.15) is 30.1 Å². The van der Waals surface area contributed by atoms with Crippen molar-refractivity contribution >= 4 is 17.7 Å². The molecule has 8 heteroatoms. The monoisotopic (exact) mass is 321 g/mol. The Bertz CT molecular complexity index is 597. The Morgan fingerprint density at radius 1 is 1.35 bits per heavy atom. The minimum atomic E-state index is -0.571. The zero-order chi connectivity index (χ0) is 16.8. The Morgan fingerprint density at radius 3 is 2.61 bits per heavy atom. The first kappa shape index (κ1) is 16.7. The molecule has 0 bridgehead atoms. The Hall–Kier alpha value is -2.64. The van der Waals surface area contributed by atoms with Crippen LogP contribution < -0.4 is 5.32 Å². The summed E-state index contributed by atoms with van der Waals surface area (Å²) >= 11 is 0. The van der Waals surface area contributed by atoms with Gasteiger partial charge in [-0.1, -0.05) is 12.1 Å². The number of carbonyl (C=O) groups is 2. The van der Waals surface area contributed by atoms with E-state index in [4.69, 9.17) is 4.74 Å². The third kappa shape index (κ3) is 4.18. The second kappa shape index (κ2) is 7.57. The second-order valence-corrected chi connectivity index (χ2v) is 5.21. The molecule has 0 aromatic heterocycles. The van der Waals surface area contributed by atoms with Crippen molar-refractivity contribution in [3.05, 3.63) is 39.9 Å². The number of likely N-dealkylation sites (tertiary alicyclic amines) is 1. The molecule has 1 aromatic carbocycles. The summed E-state index contributed by atoms with van der Waals surface area (Å²) in [7, 11) is 0. The molecule has 1 fully saturated rings. The highest BCUT2D eigenvalue weighted by atomic mass is 16.6. The number of amides is 2. The smallest absolute Gasteiger partial charge is 0.409 e. The van der Waals surface area contributed by atoms with E-state index in [1.54, 1.807) is 17.9 Å². The fourth-order valence-corrected chi connectivity index (χ4v) is 2.51. The Balaban J connectivity index is 1.93. The van der Waals surface area contributed by atoms with E-state index >= 15 is 0 Å². The van der Waals surface area contributed by atoms with Gasteiger partial charge in [0.1, 0.15) is 5.56 Å². The maximum absolute atomic E-state index is 12.2. The van der Waals surface area contributed by atoms with E-state index in [0.29, 0.717) is 32.5 Å². The van der Waals surface area contributed by atoms with E-state index in [2.05, 4.69) is 5.32 Å². The van der Waals surface area contributed by atoms with Gasteiger partial charge in [-0.2, -0.15) is 0 Å². The van der Waals surface area contributed by atoms with E-state index in [1.807, 2.05) is 0 Å². The van der Waals surface area contributed by atoms with Gasteiger partial charge in [-0.3, -0.25) is 14.9 Å². The van der Waals surface area contributed by atoms with Crippen molar-refractivity contribution in [1.29, 1.82) is 0 Å². The van der Waals surface area contributed by atoms with E-state index in [0.717, 1.165) is 0 Å². The van der Waals surface area contributed by atoms with Crippen LogP contribution in [0.15, 0.2) is 24.3 Å². The first-order valence-corrected chi connectivity index (χ1v) is 7.49. The number of nitro groups is 1. The minimum absolute atomic E-state index is 0.0466. The fraction of sp³-hybridized carbons (Fsp3) is 0.467. The van der Waals surface area contributed by atoms with Crippen LogP contribution in [0, 0.1) is 10.1 Å². The van der Waals surface area contributed by atoms with Gasteiger partial charge >= 0.3 is 6.09 Å². The Morgan fingerprint density at radius 2 is 2.00 bits per heavy atom. The first-order chi connectivity index (χ1) is 11.0. The van der Waals surface area contributed by atoms with Crippen LogP contribution in [-0.4, -0.2) is 47.6 Å². The zero-order valence-corrected chi connectivity index (χ0v) is 12.9. The number of hydrogen-bond donors (Lipinski definition) is 1. The summed E-state index contributed by atoms with van der Waals surface area (Å²) in [5.74, 6) is -0.466. The van der Waals surface area contributed by atoms with Crippen LogP contribution in [0.25, 0.3) is 0 Å². The number of ether oxygens (including phenoxy) is 1. The van der Waals surface area contributed by atoms with E-state index < -0.39 is 10.8 Å². The van der Waals surface area contributed by atoms with E-state index in [1.165, 1.54) is 18.2 Å². The van der Waals surface area contributed by atoms with Crippen molar-refractivity contribution in [1.82, 2.24) is 10.2 Å². The van der Waals surface area contributed by atoms with Gasteiger partial charge in [0.15, 0.2) is 0 Å². The maximum atomic E-state index is 12.2. The lowest BCUT2D eigenvalue weighted by molar-refractivity contribution is -0.385. The summed E-state index contributed by atoms with van der Waals surface area (Å²) < 4.78 is 4.93. The maximum Gasteiger partial charge on any atom is 0.409 e. The van der Waals surface area contributed by atoms with Crippen LogP contribution in [-0.2, 0) is 4.74 Å². The molecule has 2 amide bonds. The molecule has 23 heavy (non-hydrogen) atoms. The average Bonchev–Trinajstić information content (AvgIpc) is 2.55. The molecule has 1 aromatic rings. The third-order valence-electron chi connectivity index (χ3n) is 3.70. The molecule has 1 heterocycles. The molecule has 124 valence electrons. The molecule has 8 nitrogen and oxygen atoms in total. The number of rotatable bonds is 4. The number of para-hydroxylation sites is 1. The van der Waals surface area contributed by atoms with Crippen molar-refractivity contribution in [2.45, 2.75) is 25.8 Å². The molecular formula is C15H19N3O5. The molecule has 2 rings (SSSR count). The quantitative estimate of drug-likeness (QED) is 0.674. The van der Waals surface area contributed by atoms with Gasteiger partial charge in [0.05, 0.1) is 11.5 Å². The number of hydrogen-bond acceptors (Lipinski definition) is 5. The molecule has 1 saturated heterocycles. The van der Waals surface area contributed by atoms with Crippen molar-refractivity contribution in [2.75, 3.05) is 19.7 Å². The summed E-state index contributed by atoms with van der Waals surface area (Å²) in [6.07, 6.45) is 0.826. The van der Waals surface area contributed by atoms with Crippen LogP contribution in [0.4, 0.5) is 10.5 Å². The second-order valence-electron chi connectivity index (χ2n) is 5.21. The van der Waals surface area contributed by atoms with Gasteiger partial charge in [0.2, 0.25) is 0 Å². The van der Waals surface area contributed by atoms with Crippen molar-refractivity contribution in [3.8, 4) is 0 Å². The zero-order valence-electron chi connectivity index (χ0n) is 12.9. The summed E-state index contributed by atoms with van der Waals surface area (Å²) in [6.45, 7) is 3.05. The summed E-state index contributed by atoms with van der Waals surface area (Å²) in [5.41, 5.74) is -0.167. The number of carbonyl (C=O) groups excluding carboxylic acids is 2. The highest BCUT2D eigenvalue weighted by molar-refractivity contribution is 5.98. The lowest BCUT2D eigenvalue weighted by Crippen LogP contribution is -2.46. The van der Waals surface area contributed by atoms with Crippen LogP contribution >= 0.6 is 0 Å². The lowest BCUT2D eigenvalue weighted by Gasteiger charge is -2.31. The predicted octanol–water partition coefficient (Wildman–Crippen LogP) is 1.95. The molecule has 1 N–H and O–H groups in total. The average molecular weight is 321 g/mol. The van der Waals surface area contributed by atoms with E-state index in [9.17, 15) is 19.7 Å². The molecule has 1 aliphatic heterocycles. The summed E-state index contributed by atoms with van der Waals surface area (Å²) in [6, 6.07) is 5.73. The predicted molar refractivity (Wildman–Crippen MR) is 82.2 cm³/mol. The van der Waals surface area contributed by atoms with Crippen LogP contribution in [0.2, 0.25) is 0 Å². The molecule has 0 unspecified atom stereocenters. The highest BCUT2D eigenvalue weighted by Crippen LogP contribution is 2.19. The largest absolute Gasteiger partial charge is 0.450 e. The van der Waals surface area contributed by atoms with Crippen molar-refractivity contribution in [3.63, 3.8) is 0 Å². The van der Waals surface area contributed by atoms with Crippen molar-refractivity contribution in [2.24, 2.45) is 0 Å². The van der Waals surface area contributed by atoms with Gasteiger partial charge < -0.3 is 15.0 Å². The van der Waals surface area contributed by atoms with Gasteiger partial charge in [0, 0.05) is 25.2 Å². The molecule has 1 aliphatic rings. The van der Waals surface area contributed by atoms with Crippen LogP contribution in [0.5, 0.6) is 0 Å². The fourth-order valence-electron chi connectivity index (χ4n) is 2.51. The van der Waals surface area contributed by atoms with Gasteiger partial charge in [-0.25, -0.2) is 4.79 Å². The normalized spacial score (nSPS) is 15.1. The van der Waals surface area contributed by atoms with Crippen molar-refractivity contribution < 1.29 is 19.2 Å². The molecule has 0 atom stereocenters. The number of nitro benzene ring substituents is 1. The molecule has 0 saturated carbocycles. The Labute approximate surface area is 133 Å². The number of nitrogens with one attached hydrogen (secondary N) is 1. The molecule has 0 aliphatic carbocycles. The third-order valence-corrected chi connectivity index (χ3v) is 3.70. The molecular weight excluding hydrogens is 302 g/mol. The topological polar surface area (TPSA) is 102 Å². The number of piperidine rings is 1. The summed E-state index contributed by atoms with van der Waals surface area (Å²) in [4.78, 5) is 35.8.